The van der Waals surface area contributed by atoms with Crippen molar-refractivity contribution in [3.8, 4) is 0 Å². The Morgan fingerprint density at radius 1 is 0.474 bits per heavy atom. The number of hydrogen-bond donors (Lipinski definition) is 4. The number of nitrogens with two attached hydrogens (primary N) is 2. The maximum atomic E-state index is 14.2. The first-order valence-electron chi connectivity index (χ1n) is 40.6. The van der Waals surface area contributed by atoms with Crippen molar-refractivity contribution < 1.29 is 83.6 Å². The number of halogens is 8. The molecular formula is C82H108Cl2F6N12O12. The highest BCUT2D eigenvalue weighted by Gasteiger charge is 2.43. The lowest BCUT2D eigenvalue weighted by molar-refractivity contribution is -0.152. The molecule has 12 rings (SSSR count). The molecule has 0 unspecified atom stereocenters. The van der Waals surface area contributed by atoms with Gasteiger partial charge in [0.15, 0.2) is 12.2 Å². The average molecular weight is 1640 g/mol. The lowest BCUT2D eigenvalue weighted by atomic mass is 9.93. The van der Waals surface area contributed by atoms with E-state index in [1.165, 1.54) is 21.9 Å². The third kappa shape index (κ3) is 22.6. The number of piperidine rings is 6. The van der Waals surface area contributed by atoms with Crippen LogP contribution in [0.2, 0.25) is 10.0 Å². The van der Waals surface area contributed by atoms with E-state index in [-0.39, 0.29) is 120 Å². The van der Waals surface area contributed by atoms with Crippen LogP contribution in [0.1, 0.15) is 163 Å². The number of nitrogens with one attached hydrogen (secondary N) is 2. The lowest BCUT2D eigenvalue weighted by Gasteiger charge is -2.42. The number of benzene rings is 4. The molecule has 6 saturated heterocycles. The van der Waals surface area contributed by atoms with Crippen LogP contribution in [0.4, 0.5) is 68.3 Å². The summed E-state index contributed by atoms with van der Waals surface area (Å²) < 4.78 is 106. The molecule has 0 radical (unpaired) electrons. The van der Waals surface area contributed by atoms with E-state index in [9.17, 15) is 64.7 Å². The molecular weight excluding hydrogens is 1530 g/mol. The molecule has 4 aromatic rings. The Hall–Kier alpha value is -8.48. The first-order chi connectivity index (χ1) is 54.6. The summed E-state index contributed by atoms with van der Waals surface area (Å²) in [5.74, 6) is -1.73. The number of nitrogens with zero attached hydrogens (tertiary/aromatic N) is 8. The van der Waals surface area contributed by atoms with Crippen LogP contribution in [-0.4, -0.2) is 228 Å². The molecule has 8 aliphatic rings. The zero-order chi connectivity index (χ0) is 81.4. The second kappa shape index (κ2) is 39.9. The molecule has 0 saturated carbocycles. The molecule has 6 fully saturated rings. The SMILES string of the molecule is CCCCCCOC(=O)[C@@H]1CCCN(C2CCN(C(=O)[C@@H](Cc3cc(Cl)c(N)c(C(F)(F)F)c3)OC(=O)N3CCC(N4CCc5ccccc5NC4=O)CC3)CC2)C1.CCCCOC(=O)[C@@H]1CCCN(C2CCN(C(=O)[C@@H](Cc3cc(Cl)c(N)c(C(F)(F)F)c3)OC(=O)N3CCC(N4CCc5ccccc5NC4=O)CC3)CC2)C1. The van der Waals surface area contributed by atoms with Crippen LogP contribution in [0.25, 0.3) is 0 Å². The van der Waals surface area contributed by atoms with Crippen molar-refractivity contribution in [3.05, 3.63) is 116 Å². The number of nitrogen functional groups attached to an aromatic ring is 2. The zero-order valence-corrected chi connectivity index (χ0v) is 66.6. The summed E-state index contributed by atoms with van der Waals surface area (Å²) in [7, 11) is 0. The monoisotopic (exact) mass is 1640 g/mol. The van der Waals surface area contributed by atoms with E-state index in [0.29, 0.717) is 130 Å². The van der Waals surface area contributed by atoms with Gasteiger partial charge in [-0.2, -0.15) is 26.3 Å². The molecule has 0 aliphatic carbocycles. The van der Waals surface area contributed by atoms with Crippen molar-refractivity contribution in [1.82, 2.24) is 39.2 Å². The number of likely N-dealkylation sites (tertiary alicyclic amines) is 6. The van der Waals surface area contributed by atoms with E-state index in [4.69, 9.17) is 53.6 Å². The van der Waals surface area contributed by atoms with Gasteiger partial charge in [-0.25, -0.2) is 19.2 Å². The highest BCUT2D eigenvalue weighted by Crippen LogP contribution is 2.41. The number of alkyl halides is 6. The Kier molecular flexibility index (Phi) is 30.2. The van der Waals surface area contributed by atoms with Crippen LogP contribution in [0.15, 0.2) is 72.8 Å². The van der Waals surface area contributed by atoms with Gasteiger partial charge in [-0.15, -0.1) is 0 Å². The summed E-state index contributed by atoms with van der Waals surface area (Å²) >= 11 is 12.3. The zero-order valence-electron chi connectivity index (χ0n) is 65.1. The fourth-order valence-corrected chi connectivity index (χ4v) is 17.5. The van der Waals surface area contributed by atoms with Gasteiger partial charge >= 0.3 is 48.5 Å². The quantitative estimate of drug-likeness (QED) is 0.0187. The third-order valence-electron chi connectivity index (χ3n) is 23.6. The van der Waals surface area contributed by atoms with Crippen LogP contribution < -0.4 is 22.1 Å². The number of unbranched alkanes of at least 4 members (excludes halogenated alkanes) is 4. The van der Waals surface area contributed by atoms with Gasteiger partial charge in [0.25, 0.3) is 11.8 Å². The predicted molar refractivity (Wildman–Crippen MR) is 419 cm³/mol. The number of esters is 2. The number of amides is 8. The van der Waals surface area contributed by atoms with Gasteiger partial charge in [0.2, 0.25) is 0 Å². The Bertz CT molecular complexity index is 4000. The maximum absolute atomic E-state index is 14.2. The van der Waals surface area contributed by atoms with Crippen molar-refractivity contribution in [2.75, 3.05) is 127 Å². The standard InChI is InChI=1S/C42H56ClF3N6O6.C40H52ClF3N6O6/c1-2-3-4-7-23-57-39(54)30-10-8-17-51(27-30)31-13-18-49(19-14-31)38(53)36(26-28-24-33(42(44,45)46)37(47)34(43)25-28)58-41(56)50-20-15-32(16-21-50)52-22-12-29-9-5-6-11-35(29)48-40(52)55;1-2-3-21-55-37(52)28-8-6-15-49(25-28)29-11-16-47(17-12-29)36(51)34(24-26-22-31(40(42,43)44)35(45)32(41)23-26)56-39(54)48-18-13-30(14-19-48)50-20-10-27-7-4-5-9-33(27)46-38(50)53/h5-6,9,11,24-25,30-32,36H,2-4,7-8,10,12-23,26-27,47H2,1H3,(H,48,55);4-5,7,9,22-23,28-30,34H,2-3,6,8,10-21,24-25,45H2,1H3,(H,46,53)/t30-,36-;28-,34-/m11/s1. The van der Waals surface area contributed by atoms with Gasteiger partial charge in [-0.05, 0) is 174 Å². The summed E-state index contributed by atoms with van der Waals surface area (Å²) in [6.07, 6.45) is 0.377. The van der Waals surface area contributed by atoms with Gasteiger partial charge in [0.05, 0.1) is 57.6 Å². The highest BCUT2D eigenvalue weighted by molar-refractivity contribution is 6.33. The van der Waals surface area contributed by atoms with Crippen LogP contribution in [0.5, 0.6) is 0 Å². The van der Waals surface area contributed by atoms with Crippen molar-refractivity contribution in [1.29, 1.82) is 0 Å². The van der Waals surface area contributed by atoms with Crippen molar-refractivity contribution >= 4 is 94.0 Å². The Labute approximate surface area is 672 Å². The molecule has 624 valence electrons. The summed E-state index contributed by atoms with van der Waals surface area (Å²) in [4.78, 5) is 122. The molecule has 8 aliphatic heterocycles. The number of anilines is 4. The van der Waals surface area contributed by atoms with Crippen molar-refractivity contribution in [2.45, 2.75) is 204 Å². The second-order valence-corrected chi connectivity index (χ2v) is 32.1. The third-order valence-corrected chi connectivity index (χ3v) is 24.2. The molecule has 114 heavy (non-hydrogen) atoms. The number of rotatable bonds is 22. The van der Waals surface area contributed by atoms with E-state index in [1.807, 2.05) is 55.5 Å². The Morgan fingerprint density at radius 2 is 0.842 bits per heavy atom. The molecule has 0 spiro atoms. The summed E-state index contributed by atoms with van der Waals surface area (Å²) in [5.41, 5.74) is 11.6. The van der Waals surface area contributed by atoms with Gasteiger partial charge in [-0.3, -0.25) is 29.0 Å². The van der Waals surface area contributed by atoms with Gasteiger partial charge in [-0.1, -0.05) is 99.1 Å². The van der Waals surface area contributed by atoms with Crippen LogP contribution in [-0.2, 0) is 76.2 Å². The predicted octanol–water partition coefficient (Wildman–Crippen LogP) is 14.0. The number of urea groups is 2. The summed E-state index contributed by atoms with van der Waals surface area (Å²) in [6, 6.07) is 19.2. The van der Waals surface area contributed by atoms with Crippen molar-refractivity contribution in [2.24, 2.45) is 11.8 Å². The van der Waals surface area contributed by atoms with Gasteiger partial charge in [0, 0.05) is 127 Å². The summed E-state index contributed by atoms with van der Waals surface area (Å²) in [6.45, 7) is 11.4. The number of carbonyl (C=O) groups excluding carboxylic acids is 8. The average Bonchev–Trinajstić information content (AvgIpc) is 0.973. The highest BCUT2D eigenvalue weighted by atomic mass is 35.5. The molecule has 32 heteroatoms. The molecule has 6 N–H and O–H groups in total. The first-order valence-corrected chi connectivity index (χ1v) is 41.3. The van der Waals surface area contributed by atoms with E-state index < -0.39 is 71.1 Å². The van der Waals surface area contributed by atoms with E-state index in [1.54, 1.807) is 19.6 Å². The smallest absolute Gasteiger partial charge is 0.418 e. The number of ether oxygens (including phenoxy) is 4. The second-order valence-electron chi connectivity index (χ2n) is 31.3. The van der Waals surface area contributed by atoms with Gasteiger partial charge < -0.3 is 70.4 Å². The molecule has 4 aromatic carbocycles. The van der Waals surface area contributed by atoms with E-state index >= 15 is 0 Å². The fraction of sp³-hybridized carbons (Fsp3) is 0.610. The van der Waals surface area contributed by atoms with Crippen LogP contribution in [0.3, 0.4) is 0 Å². The topological polar surface area (TPSA) is 276 Å². The first kappa shape index (κ1) is 86.4. The summed E-state index contributed by atoms with van der Waals surface area (Å²) in [5, 5.41) is 5.34. The number of hydrogen-bond acceptors (Lipinski definition) is 16. The lowest BCUT2D eigenvalue weighted by Crippen LogP contribution is -2.53. The van der Waals surface area contributed by atoms with Crippen LogP contribution in [0, 0.1) is 11.8 Å². The molecule has 8 heterocycles. The normalized spacial score (nSPS) is 20.7. The number of carbonyl (C=O) groups is 8. The van der Waals surface area contributed by atoms with Crippen molar-refractivity contribution in [3.63, 3.8) is 0 Å². The Morgan fingerprint density at radius 3 is 1.23 bits per heavy atom. The van der Waals surface area contributed by atoms with E-state index in [2.05, 4.69) is 27.4 Å². The molecule has 0 aromatic heterocycles. The number of para-hydroxylation sites is 2. The van der Waals surface area contributed by atoms with E-state index in [0.717, 1.165) is 112 Å². The minimum absolute atomic E-state index is 0.0506. The fourth-order valence-electron chi connectivity index (χ4n) is 17.1. The molecule has 0 bridgehead atoms. The molecule has 24 nitrogen and oxygen atoms in total. The van der Waals surface area contributed by atoms with Gasteiger partial charge in [0.1, 0.15) is 0 Å². The minimum Gasteiger partial charge on any atom is -0.465 e. The molecule has 8 amide bonds. The minimum atomic E-state index is -4.79. The molecule has 4 atom stereocenters. The number of fused-ring (bicyclic) bond motifs is 2. The largest absolute Gasteiger partial charge is 0.465 e. The van der Waals surface area contributed by atoms with Crippen LogP contribution >= 0.6 is 23.2 Å². The Balaban J connectivity index is 0.000000225. The maximum Gasteiger partial charge on any atom is 0.418 e.